The van der Waals surface area contributed by atoms with Gasteiger partial charge in [-0.05, 0) is 73.6 Å². The monoisotopic (exact) mass is 573 g/mol. The van der Waals surface area contributed by atoms with Gasteiger partial charge in [0.1, 0.15) is 5.69 Å². The van der Waals surface area contributed by atoms with Crippen molar-refractivity contribution in [3.8, 4) is 22.9 Å². The van der Waals surface area contributed by atoms with Gasteiger partial charge in [-0.15, -0.1) is 5.10 Å². The zero-order chi connectivity index (χ0) is 29.6. The molecule has 40 heavy (non-hydrogen) atoms. The number of nitrogens with zero attached hydrogens (tertiary/aromatic N) is 7. The fourth-order valence-corrected chi connectivity index (χ4v) is 5.86. The van der Waals surface area contributed by atoms with E-state index in [4.69, 9.17) is 18.6 Å². The van der Waals surface area contributed by atoms with Crippen molar-refractivity contribution in [2.45, 2.75) is 79.9 Å². The van der Waals surface area contributed by atoms with Gasteiger partial charge in [-0.1, -0.05) is 0 Å². The van der Waals surface area contributed by atoms with E-state index >= 15 is 0 Å². The maximum absolute atomic E-state index is 13.7. The van der Waals surface area contributed by atoms with Crippen molar-refractivity contribution >= 4 is 24.7 Å². The predicted octanol–water partition coefficient (Wildman–Crippen LogP) is 5.43. The molecule has 4 aromatic rings. The topological polar surface area (TPSA) is 148 Å². The highest BCUT2D eigenvalue weighted by Gasteiger charge is 2.38. The number of aromatic carboxylic acids is 1. The van der Waals surface area contributed by atoms with E-state index in [2.05, 4.69) is 15.3 Å². The van der Waals surface area contributed by atoms with E-state index < -0.39 is 25.0 Å². The van der Waals surface area contributed by atoms with Gasteiger partial charge in [0.05, 0.1) is 34.2 Å². The first kappa shape index (κ1) is 29.6. The van der Waals surface area contributed by atoms with Crippen molar-refractivity contribution < 1.29 is 28.0 Å². The molecular weight excluding hydrogens is 537 g/mol. The summed E-state index contributed by atoms with van der Waals surface area (Å²) in [5.74, 6) is -0.468. The van der Waals surface area contributed by atoms with Gasteiger partial charge in [0, 0.05) is 24.5 Å². The third-order valence-corrected chi connectivity index (χ3v) is 7.54. The van der Waals surface area contributed by atoms with Crippen LogP contribution in [-0.4, -0.2) is 56.6 Å². The second-order valence-corrected chi connectivity index (χ2v) is 12.9. The lowest BCUT2D eigenvalue weighted by atomic mass is 10.1. The van der Waals surface area contributed by atoms with Crippen molar-refractivity contribution in [1.82, 2.24) is 34.3 Å². The summed E-state index contributed by atoms with van der Waals surface area (Å²) in [5, 5.41) is 23.9. The van der Waals surface area contributed by atoms with Crippen LogP contribution >= 0.6 is 7.82 Å². The summed E-state index contributed by atoms with van der Waals surface area (Å²) in [6.07, 6.45) is 1.64. The number of aromatic nitrogens is 7. The van der Waals surface area contributed by atoms with Crippen LogP contribution in [0, 0.1) is 6.92 Å². The molecule has 13 nitrogen and oxygen atoms in total. The normalized spacial score (nSPS) is 12.9. The van der Waals surface area contributed by atoms with E-state index in [0.29, 0.717) is 34.5 Å². The fourth-order valence-electron chi connectivity index (χ4n) is 4.13. The first-order valence-electron chi connectivity index (χ1n) is 12.8. The number of fused-ring (bicyclic) bond motifs is 1. The SMILES string of the molecule is CCn1nc(C)cc1-c1nc(-c2cc(C(=O)O)cc3c2cnn3C)nn1COP(=O)(OC(C)(C)C)OC(C)(C)C. The van der Waals surface area contributed by atoms with Crippen LogP contribution in [0.4, 0.5) is 0 Å². The Kier molecular flexibility index (Phi) is 7.81. The summed E-state index contributed by atoms with van der Waals surface area (Å²) in [7, 11) is -2.34. The average Bonchev–Trinajstić information content (AvgIpc) is 3.51. The van der Waals surface area contributed by atoms with E-state index in [1.165, 1.54) is 10.7 Å². The molecule has 0 unspecified atom stereocenters. The Bertz CT molecular complexity index is 1590. The van der Waals surface area contributed by atoms with Crippen LogP contribution in [0.1, 0.15) is 64.5 Å². The maximum Gasteiger partial charge on any atom is 0.477 e. The van der Waals surface area contributed by atoms with Gasteiger partial charge in [-0.2, -0.15) is 10.2 Å². The average molecular weight is 574 g/mol. The van der Waals surface area contributed by atoms with Crippen molar-refractivity contribution in [1.29, 1.82) is 0 Å². The first-order valence-corrected chi connectivity index (χ1v) is 14.3. The number of hydrogen-bond acceptors (Lipinski definition) is 9. The van der Waals surface area contributed by atoms with Crippen LogP contribution in [0.2, 0.25) is 0 Å². The van der Waals surface area contributed by atoms with Gasteiger partial charge in [-0.25, -0.2) is 19.0 Å². The number of carbonyl (C=O) groups is 1. The molecule has 3 heterocycles. The number of rotatable bonds is 9. The number of phosphoric acid groups is 1. The summed E-state index contributed by atoms with van der Waals surface area (Å²) in [5.41, 5.74) is 0.937. The molecule has 14 heteroatoms. The van der Waals surface area contributed by atoms with Crippen molar-refractivity contribution in [2.75, 3.05) is 0 Å². The third-order valence-electron chi connectivity index (χ3n) is 5.57. The van der Waals surface area contributed by atoms with Crippen molar-refractivity contribution in [3.63, 3.8) is 0 Å². The zero-order valence-electron chi connectivity index (χ0n) is 24.3. The van der Waals surface area contributed by atoms with Gasteiger partial charge in [0.2, 0.25) is 0 Å². The number of carboxylic acid groups (broad SMARTS) is 1. The fraction of sp³-hybridized carbons (Fsp3) is 0.500. The molecule has 0 aliphatic rings. The molecule has 0 radical (unpaired) electrons. The van der Waals surface area contributed by atoms with Crippen LogP contribution in [0.25, 0.3) is 33.8 Å². The molecule has 0 amide bonds. The summed E-state index contributed by atoms with van der Waals surface area (Å²) < 4.78 is 35.9. The molecule has 0 saturated carbocycles. The van der Waals surface area contributed by atoms with E-state index in [9.17, 15) is 14.5 Å². The highest BCUT2D eigenvalue weighted by atomic mass is 31.2. The lowest BCUT2D eigenvalue weighted by molar-refractivity contribution is -0.00739. The molecule has 0 aliphatic heterocycles. The lowest BCUT2D eigenvalue weighted by Crippen LogP contribution is -2.25. The third kappa shape index (κ3) is 6.49. The molecular formula is C26H36N7O6P. The van der Waals surface area contributed by atoms with Gasteiger partial charge in [0.15, 0.2) is 18.4 Å². The number of benzene rings is 1. The molecule has 0 fully saturated rings. The molecule has 216 valence electrons. The maximum atomic E-state index is 13.7. The molecule has 1 aromatic carbocycles. The van der Waals surface area contributed by atoms with Gasteiger partial charge < -0.3 is 5.11 Å². The Labute approximate surface area is 232 Å². The Morgan fingerprint density at radius 2 is 1.68 bits per heavy atom. The molecule has 0 aliphatic carbocycles. The minimum absolute atomic E-state index is 0.0661. The van der Waals surface area contributed by atoms with E-state index in [1.54, 1.807) is 70.2 Å². The molecule has 3 aromatic heterocycles. The smallest absolute Gasteiger partial charge is 0.477 e. The van der Waals surface area contributed by atoms with Crippen molar-refractivity contribution in [3.05, 3.63) is 35.7 Å². The van der Waals surface area contributed by atoms with Crippen LogP contribution in [0.15, 0.2) is 24.4 Å². The predicted molar refractivity (Wildman–Crippen MR) is 149 cm³/mol. The lowest BCUT2D eigenvalue weighted by Gasteiger charge is -2.30. The van der Waals surface area contributed by atoms with Crippen LogP contribution < -0.4 is 0 Å². The largest absolute Gasteiger partial charge is 0.478 e. The van der Waals surface area contributed by atoms with Crippen LogP contribution in [-0.2, 0) is 38.5 Å². The summed E-state index contributed by atoms with van der Waals surface area (Å²) >= 11 is 0. The first-order chi connectivity index (χ1) is 18.5. The summed E-state index contributed by atoms with van der Waals surface area (Å²) in [4.78, 5) is 16.7. The van der Waals surface area contributed by atoms with Crippen molar-refractivity contribution in [2.24, 2.45) is 7.05 Å². The second kappa shape index (κ2) is 10.5. The molecule has 0 spiro atoms. The van der Waals surface area contributed by atoms with Gasteiger partial charge >= 0.3 is 13.8 Å². The minimum Gasteiger partial charge on any atom is -0.478 e. The number of carboxylic acids is 1. The molecule has 0 atom stereocenters. The highest BCUT2D eigenvalue weighted by Crippen LogP contribution is 2.55. The molecule has 1 N–H and O–H groups in total. The Hall–Kier alpha value is -3.38. The number of hydrogen-bond donors (Lipinski definition) is 1. The number of aryl methyl sites for hydroxylation is 3. The molecule has 0 saturated heterocycles. The summed E-state index contributed by atoms with van der Waals surface area (Å²) in [6, 6.07) is 4.92. The standard InChI is InChI=1S/C26H36N7O6P/c1-10-32-21(11-16(2)29-32)23-28-22(18-12-17(24(34)35)13-20-19(18)14-27-31(20)9)30-33(23)15-37-40(36,38-25(3,4)5)39-26(6,7)8/h11-14H,10,15H2,1-9H3,(H,34,35). The Morgan fingerprint density at radius 3 is 2.25 bits per heavy atom. The van der Waals surface area contributed by atoms with E-state index in [0.717, 1.165) is 5.69 Å². The van der Waals surface area contributed by atoms with Gasteiger partial charge in [-0.3, -0.25) is 22.9 Å². The van der Waals surface area contributed by atoms with E-state index in [1.807, 2.05) is 19.9 Å². The zero-order valence-corrected chi connectivity index (χ0v) is 25.2. The Morgan fingerprint density at radius 1 is 1.02 bits per heavy atom. The number of phosphoric ester groups is 1. The molecule has 0 bridgehead atoms. The van der Waals surface area contributed by atoms with E-state index in [-0.39, 0.29) is 18.1 Å². The highest BCUT2D eigenvalue weighted by molar-refractivity contribution is 7.48. The second-order valence-electron chi connectivity index (χ2n) is 11.4. The summed E-state index contributed by atoms with van der Waals surface area (Å²) in [6.45, 7) is 14.6. The quantitative estimate of drug-likeness (QED) is 0.257. The minimum atomic E-state index is -4.07. The Balaban J connectivity index is 1.86. The molecule has 4 rings (SSSR count). The van der Waals surface area contributed by atoms with Crippen LogP contribution in [0.3, 0.4) is 0 Å². The van der Waals surface area contributed by atoms with Crippen LogP contribution in [0.5, 0.6) is 0 Å². The van der Waals surface area contributed by atoms with Gasteiger partial charge in [0.25, 0.3) is 0 Å².